The monoisotopic (exact) mass is 289 g/mol. The molecule has 0 unspecified atom stereocenters. The molecule has 0 saturated carbocycles. The van der Waals surface area contributed by atoms with Gasteiger partial charge < -0.3 is 9.26 Å². The van der Waals surface area contributed by atoms with E-state index in [1.54, 1.807) is 18.2 Å². The van der Waals surface area contributed by atoms with Gasteiger partial charge in [-0.1, -0.05) is 23.3 Å². The number of tetrazole rings is 1. The molecule has 0 saturated heterocycles. The second-order valence-electron chi connectivity index (χ2n) is 4.43. The summed E-state index contributed by atoms with van der Waals surface area (Å²) in [6, 6.07) is 5.49. The standard InChI is InChI=1S/C13H13N5O3/c1-9-5-3-4-6-11(9)20-8-10-7-14-21-12(10)18-13(19)17(2)15-16-18/h3-7H,8H2,1-2H3/i3T. The van der Waals surface area contributed by atoms with Crippen molar-refractivity contribution >= 4 is 0 Å². The van der Waals surface area contributed by atoms with Crippen molar-refractivity contribution in [2.24, 2.45) is 7.05 Å². The zero-order chi connectivity index (χ0) is 15.7. The van der Waals surface area contributed by atoms with Gasteiger partial charge in [0.1, 0.15) is 12.4 Å². The quantitative estimate of drug-likeness (QED) is 0.707. The van der Waals surface area contributed by atoms with Gasteiger partial charge in [0.25, 0.3) is 5.88 Å². The highest BCUT2D eigenvalue weighted by molar-refractivity contribution is 5.33. The van der Waals surface area contributed by atoms with Gasteiger partial charge in [-0.3, -0.25) is 0 Å². The minimum absolute atomic E-state index is 0.153. The third-order valence-corrected chi connectivity index (χ3v) is 2.94. The van der Waals surface area contributed by atoms with Crippen LogP contribution >= 0.6 is 0 Å². The molecule has 0 spiro atoms. The molecule has 0 N–H and O–H groups in total. The van der Waals surface area contributed by atoms with Gasteiger partial charge >= 0.3 is 5.69 Å². The molecule has 3 rings (SSSR count). The van der Waals surface area contributed by atoms with E-state index in [0.717, 1.165) is 14.9 Å². The zero-order valence-electron chi connectivity index (χ0n) is 12.5. The summed E-state index contributed by atoms with van der Waals surface area (Å²) in [5, 5.41) is 11.0. The van der Waals surface area contributed by atoms with Gasteiger partial charge in [-0.25, -0.2) is 4.79 Å². The number of para-hydroxylation sites is 1. The summed E-state index contributed by atoms with van der Waals surface area (Å²) in [4.78, 5) is 11.8. The third kappa shape index (κ3) is 2.42. The third-order valence-electron chi connectivity index (χ3n) is 2.94. The van der Waals surface area contributed by atoms with E-state index < -0.39 is 5.69 Å². The van der Waals surface area contributed by atoms with Crippen molar-refractivity contribution in [2.75, 3.05) is 0 Å². The van der Waals surface area contributed by atoms with Crippen LogP contribution in [0.1, 0.15) is 12.5 Å². The molecule has 0 aliphatic carbocycles. The number of aromatic nitrogens is 5. The number of hydrogen-bond donors (Lipinski definition) is 0. The van der Waals surface area contributed by atoms with Crippen molar-refractivity contribution in [2.45, 2.75) is 13.5 Å². The summed E-state index contributed by atoms with van der Waals surface area (Å²) in [5.41, 5.74) is 0.979. The summed E-state index contributed by atoms with van der Waals surface area (Å²) >= 11 is 0. The summed E-state index contributed by atoms with van der Waals surface area (Å²) in [6.07, 6.45) is 1.46. The Hall–Kier alpha value is -2.90. The topological polar surface area (TPSA) is 88.0 Å². The van der Waals surface area contributed by atoms with Gasteiger partial charge in [-0.15, -0.1) is 4.68 Å². The summed E-state index contributed by atoms with van der Waals surface area (Å²) in [5.74, 6) is 0.822. The number of rotatable bonds is 4. The van der Waals surface area contributed by atoms with E-state index in [2.05, 4.69) is 15.6 Å². The minimum atomic E-state index is -0.437. The molecule has 0 radical (unpaired) electrons. The number of ether oxygens (including phenoxy) is 1. The summed E-state index contributed by atoms with van der Waals surface area (Å²) in [6.45, 7) is 2.01. The Bertz CT molecular complexity index is 867. The Morgan fingerprint density at radius 3 is 3.00 bits per heavy atom. The minimum Gasteiger partial charge on any atom is -0.488 e. The predicted octanol–water partition coefficient (Wildman–Crippen LogP) is 0.841. The molecular formula is C13H13N5O3. The maximum Gasteiger partial charge on any atom is 0.370 e. The highest BCUT2D eigenvalue weighted by Gasteiger charge is 2.16. The highest BCUT2D eigenvalue weighted by atomic mass is 16.5. The van der Waals surface area contributed by atoms with Crippen LogP contribution in [0.5, 0.6) is 5.75 Å². The van der Waals surface area contributed by atoms with Crippen LogP contribution in [0, 0.1) is 6.92 Å². The molecule has 0 bridgehead atoms. The van der Waals surface area contributed by atoms with E-state index in [9.17, 15) is 4.79 Å². The van der Waals surface area contributed by atoms with Gasteiger partial charge in [0, 0.05) is 7.05 Å². The van der Waals surface area contributed by atoms with Crippen molar-refractivity contribution in [1.82, 2.24) is 24.9 Å². The van der Waals surface area contributed by atoms with Crippen LogP contribution in [-0.2, 0) is 13.7 Å². The van der Waals surface area contributed by atoms with Crippen LogP contribution in [0.2, 0.25) is 0 Å². The van der Waals surface area contributed by atoms with Crippen molar-refractivity contribution in [1.29, 1.82) is 0 Å². The smallest absolute Gasteiger partial charge is 0.370 e. The Kier molecular flexibility index (Phi) is 2.96. The average molecular weight is 289 g/mol. The Morgan fingerprint density at radius 2 is 2.29 bits per heavy atom. The molecule has 2 heterocycles. The molecule has 3 aromatic rings. The molecule has 2 aromatic heterocycles. The maximum absolute atomic E-state index is 11.8. The van der Waals surface area contributed by atoms with E-state index >= 15 is 0 Å². The molecule has 0 fully saturated rings. The lowest BCUT2D eigenvalue weighted by Crippen LogP contribution is -2.22. The molecule has 108 valence electrons. The number of aryl methyl sites for hydroxylation is 2. The first-order valence-electron chi connectivity index (χ1n) is 6.69. The Labute approximate surface area is 120 Å². The zero-order valence-corrected chi connectivity index (χ0v) is 11.5. The van der Waals surface area contributed by atoms with Crippen LogP contribution in [0.4, 0.5) is 0 Å². The van der Waals surface area contributed by atoms with Crippen LogP contribution < -0.4 is 10.4 Å². The van der Waals surface area contributed by atoms with Gasteiger partial charge in [-0.2, -0.15) is 4.68 Å². The lowest BCUT2D eigenvalue weighted by Gasteiger charge is -2.07. The fourth-order valence-corrected chi connectivity index (χ4v) is 1.79. The summed E-state index contributed by atoms with van der Waals surface area (Å²) < 4.78 is 20.4. The Balaban J connectivity index is 1.84. The van der Waals surface area contributed by atoms with Crippen molar-refractivity contribution < 1.29 is 10.6 Å². The average Bonchev–Trinajstić information content (AvgIpc) is 3.06. The predicted molar refractivity (Wildman–Crippen MR) is 72.2 cm³/mol. The first kappa shape index (κ1) is 11.9. The van der Waals surface area contributed by atoms with Crippen LogP contribution in [0.25, 0.3) is 5.88 Å². The molecule has 8 heteroatoms. The largest absolute Gasteiger partial charge is 0.488 e. The normalized spacial score (nSPS) is 11.4. The van der Waals surface area contributed by atoms with Crippen molar-refractivity contribution in [3.05, 3.63) is 52.0 Å². The highest BCUT2D eigenvalue weighted by Crippen LogP contribution is 2.19. The molecule has 1 aromatic carbocycles. The number of nitrogens with zero attached hydrogens (tertiary/aromatic N) is 5. The molecule has 8 nitrogen and oxygen atoms in total. The van der Waals surface area contributed by atoms with E-state index in [1.807, 2.05) is 6.92 Å². The number of benzene rings is 1. The maximum atomic E-state index is 11.8. The summed E-state index contributed by atoms with van der Waals surface area (Å²) in [7, 11) is 1.49. The SMILES string of the molecule is [3H]c1ccc(OCc2cnoc2-n2nnn(C)c2=O)c(C)c1. The Morgan fingerprint density at radius 1 is 1.43 bits per heavy atom. The van der Waals surface area contributed by atoms with Crippen LogP contribution in [0.3, 0.4) is 0 Å². The molecule has 21 heavy (non-hydrogen) atoms. The van der Waals surface area contributed by atoms with E-state index in [4.69, 9.17) is 10.6 Å². The van der Waals surface area contributed by atoms with Gasteiger partial charge in [0.15, 0.2) is 0 Å². The first-order valence-corrected chi connectivity index (χ1v) is 6.19. The van der Waals surface area contributed by atoms with E-state index in [0.29, 0.717) is 17.4 Å². The lowest BCUT2D eigenvalue weighted by molar-refractivity contribution is 0.300. The first-order chi connectivity index (χ1) is 10.6. The molecule has 0 aliphatic rings. The van der Waals surface area contributed by atoms with Crippen LogP contribution in [-0.4, -0.2) is 24.9 Å². The van der Waals surface area contributed by atoms with Crippen LogP contribution in [0.15, 0.2) is 39.8 Å². The van der Waals surface area contributed by atoms with Gasteiger partial charge in [-0.05, 0) is 29.0 Å². The molecular weight excluding hydrogens is 274 g/mol. The van der Waals surface area contributed by atoms with Gasteiger partial charge in [0.05, 0.1) is 13.1 Å². The number of hydrogen-bond acceptors (Lipinski definition) is 6. The molecule has 0 aliphatic heterocycles. The van der Waals surface area contributed by atoms with Gasteiger partial charge in [0.2, 0.25) is 0 Å². The van der Waals surface area contributed by atoms with E-state index in [1.165, 1.54) is 13.2 Å². The lowest BCUT2D eigenvalue weighted by atomic mass is 10.2. The fourth-order valence-electron chi connectivity index (χ4n) is 1.79. The fraction of sp³-hybridized carbons (Fsp3) is 0.231. The molecule has 0 amide bonds. The molecule has 0 atom stereocenters. The van der Waals surface area contributed by atoms with Crippen molar-refractivity contribution in [3.8, 4) is 11.6 Å². The van der Waals surface area contributed by atoms with E-state index in [-0.39, 0.29) is 12.5 Å². The van der Waals surface area contributed by atoms with Crippen molar-refractivity contribution in [3.63, 3.8) is 0 Å². The second-order valence-corrected chi connectivity index (χ2v) is 4.43. The second kappa shape index (κ2) is 5.23.